The van der Waals surface area contributed by atoms with Gasteiger partial charge < -0.3 is 14.4 Å². The molecule has 2 aliphatic rings. The van der Waals surface area contributed by atoms with E-state index in [1.807, 2.05) is 19.1 Å². The van der Waals surface area contributed by atoms with Crippen LogP contribution in [-0.2, 0) is 16.1 Å². The summed E-state index contributed by atoms with van der Waals surface area (Å²) in [5, 5.41) is 15.3. The molecule has 4 heterocycles. The van der Waals surface area contributed by atoms with Crippen molar-refractivity contribution in [3.05, 3.63) is 45.8 Å². The Morgan fingerprint density at radius 1 is 1.16 bits per heavy atom. The molecule has 1 saturated heterocycles. The smallest absolute Gasteiger partial charge is 0.280 e. The second kappa shape index (κ2) is 6.87. The maximum absolute atomic E-state index is 13.9. The quantitative estimate of drug-likeness (QED) is 0.502. The van der Waals surface area contributed by atoms with Crippen LogP contribution in [0.15, 0.2) is 33.8 Å². The lowest BCUT2D eigenvalue weighted by atomic mass is 10.0. The van der Waals surface area contributed by atoms with Crippen LogP contribution in [0.4, 0.5) is 0 Å². The van der Waals surface area contributed by atoms with Crippen LogP contribution in [0, 0.1) is 0 Å². The highest BCUT2D eigenvalue weighted by molar-refractivity contribution is 6.35. The molecule has 0 radical (unpaired) electrons. The molecule has 1 unspecified atom stereocenters. The first-order valence-electron chi connectivity index (χ1n) is 10.8. The molecule has 0 spiro atoms. The number of fused-ring (bicyclic) bond motifs is 3. The zero-order valence-electron chi connectivity index (χ0n) is 17.5. The van der Waals surface area contributed by atoms with Gasteiger partial charge in [0.1, 0.15) is 28.9 Å². The normalized spacial score (nSPS) is 23.0. The Morgan fingerprint density at radius 3 is 2.72 bits per heavy atom. The Morgan fingerprint density at radius 2 is 1.97 bits per heavy atom. The molecule has 10 heteroatoms. The van der Waals surface area contributed by atoms with Crippen molar-refractivity contribution in [1.29, 1.82) is 0 Å². The molecular weight excluding hydrogens is 434 g/mol. The van der Waals surface area contributed by atoms with Crippen molar-refractivity contribution in [2.75, 3.05) is 6.61 Å². The summed E-state index contributed by atoms with van der Waals surface area (Å²) >= 11 is 6.57. The first-order chi connectivity index (χ1) is 15.4. The molecule has 6 rings (SSSR count). The van der Waals surface area contributed by atoms with Crippen molar-refractivity contribution >= 4 is 28.2 Å². The SMILES string of the molecule is CC1(n2c(=O)c3c(-c4noc(C5(O)CCCC5)n4)ncn3c3cccc(Cl)c32)CCCO1. The minimum atomic E-state index is -1.12. The van der Waals surface area contributed by atoms with Gasteiger partial charge in [0.2, 0.25) is 5.82 Å². The Balaban J connectivity index is 1.63. The van der Waals surface area contributed by atoms with Crippen LogP contribution in [-0.4, -0.2) is 35.8 Å². The van der Waals surface area contributed by atoms with Crippen LogP contribution < -0.4 is 5.56 Å². The number of para-hydroxylation sites is 1. The molecule has 1 aromatic carbocycles. The second-order valence-corrected chi connectivity index (χ2v) is 9.26. The molecule has 2 fully saturated rings. The van der Waals surface area contributed by atoms with E-state index < -0.39 is 11.3 Å². The van der Waals surface area contributed by atoms with Crippen LogP contribution in [0.1, 0.15) is 51.3 Å². The van der Waals surface area contributed by atoms with E-state index >= 15 is 0 Å². The van der Waals surface area contributed by atoms with E-state index in [0.717, 1.165) is 24.8 Å². The number of benzene rings is 1. The average molecular weight is 456 g/mol. The second-order valence-electron chi connectivity index (χ2n) is 8.85. The molecule has 1 aliphatic carbocycles. The topological polar surface area (TPSA) is 108 Å². The maximum Gasteiger partial charge on any atom is 0.280 e. The van der Waals surface area contributed by atoms with Gasteiger partial charge in [-0.05, 0) is 57.6 Å². The predicted molar refractivity (Wildman–Crippen MR) is 116 cm³/mol. The third-order valence-electron chi connectivity index (χ3n) is 6.76. The first-order valence-corrected chi connectivity index (χ1v) is 11.2. The van der Waals surface area contributed by atoms with Gasteiger partial charge >= 0.3 is 0 Å². The molecule has 32 heavy (non-hydrogen) atoms. The Labute approximate surface area is 187 Å². The van der Waals surface area contributed by atoms with E-state index in [1.54, 1.807) is 21.4 Å². The fourth-order valence-electron chi connectivity index (χ4n) is 5.10. The summed E-state index contributed by atoms with van der Waals surface area (Å²) < 4.78 is 14.8. The molecule has 1 atom stereocenters. The van der Waals surface area contributed by atoms with E-state index in [4.69, 9.17) is 20.9 Å². The van der Waals surface area contributed by atoms with Crippen LogP contribution in [0.25, 0.3) is 28.1 Å². The Hall–Kier alpha value is -2.75. The summed E-state index contributed by atoms with van der Waals surface area (Å²) in [6.45, 7) is 2.47. The number of hydrogen-bond donors (Lipinski definition) is 1. The summed E-state index contributed by atoms with van der Waals surface area (Å²) in [6, 6.07) is 5.48. The number of hydrogen-bond acceptors (Lipinski definition) is 7. The third kappa shape index (κ3) is 2.71. The van der Waals surface area contributed by atoms with E-state index in [2.05, 4.69) is 15.1 Å². The minimum absolute atomic E-state index is 0.168. The molecule has 0 bridgehead atoms. The Kier molecular flexibility index (Phi) is 4.27. The van der Waals surface area contributed by atoms with Gasteiger partial charge in [-0.1, -0.05) is 22.8 Å². The number of imidazole rings is 1. The lowest BCUT2D eigenvalue weighted by Crippen LogP contribution is -2.39. The van der Waals surface area contributed by atoms with Crippen LogP contribution in [0.5, 0.6) is 0 Å². The van der Waals surface area contributed by atoms with E-state index in [-0.39, 0.29) is 17.3 Å². The highest BCUT2D eigenvalue weighted by Gasteiger charge is 2.40. The summed E-state index contributed by atoms with van der Waals surface area (Å²) in [5.74, 6) is 0.340. The van der Waals surface area contributed by atoms with Gasteiger partial charge in [0.15, 0.2) is 0 Å². The van der Waals surface area contributed by atoms with Crippen molar-refractivity contribution < 1.29 is 14.4 Å². The van der Waals surface area contributed by atoms with Gasteiger partial charge in [0.25, 0.3) is 11.4 Å². The summed E-state index contributed by atoms with van der Waals surface area (Å²) in [7, 11) is 0. The predicted octanol–water partition coefficient (Wildman–Crippen LogP) is 3.60. The monoisotopic (exact) mass is 455 g/mol. The fraction of sp³-hybridized carbons (Fsp3) is 0.455. The number of rotatable bonds is 3. The number of halogens is 1. The molecule has 1 N–H and O–H groups in total. The Bertz CT molecular complexity index is 1410. The third-order valence-corrected chi connectivity index (χ3v) is 7.06. The fourth-order valence-corrected chi connectivity index (χ4v) is 5.35. The number of aromatic nitrogens is 5. The van der Waals surface area contributed by atoms with Crippen molar-refractivity contribution in [2.24, 2.45) is 0 Å². The standard InChI is InChI=1S/C22H22ClN5O4/c1-21(8-5-11-31-21)28-16-13(23)6-4-7-14(16)27-12-24-15(17(27)19(28)29)18-25-20(32-26-18)22(30)9-2-3-10-22/h4,6-7,12,30H,2-3,5,8-11H2,1H3. The van der Waals surface area contributed by atoms with E-state index in [9.17, 15) is 9.90 Å². The van der Waals surface area contributed by atoms with Gasteiger partial charge in [-0.2, -0.15) is 4.98 Å². The average Bonchev–Trinajstić information content (AvgIpc) is 3.55. The van der Waals surface area contributed by atoms with Crippen molar-refractivity contribution in [3.8, 4) is 11.5 Å². The molecule has 1 aliphatic heterocycles. The van der Waals surface area contributed by atoms with Gasteiger partial charge in [-0.15, -0.1) is 0 Å². The molecule has 4 aromatic rings. The first kappa shape index (κ1) is 19.9. The molecule has 9 nitrogen and oxygen atoms in total. The number of nitrogens with zero attached hydrogens (tertiary/aromatic N) is 5. The highest BCUT2D eigenvalue weighted by atomic mass is 35.5. The molecule has 0 amide bonds. The highest BCUT2D eigenvalue weighted by Crippen LogP contribution is 2.39. The minimum Gasteiger partial charge on any atom is -0.380 e. The van der Waals surface area contributed by atoms with Gasteiger partial charge in [0, 0.05) is 6.61 Å². The molecule has 1 saturated carbocycles. The van der Waals surface area contributed by atoms with Crippen LogP contribution in [0.2, 0.25) is 5.02 Å². The maximum atomic E-state index is 13.9. The summed E-state index contributed by atoms with van der Waals surface area (Å²) in [6.07, 6.45) is 6.04. The van der Waals surface area contributed by atoms with Gasteiger partial charge in [0.05, 0.1) is 16.1 Å². The summed E-state index contributed by atoms with van der Waals surface area (Å²) in [4.78, 5) is 22.8. The number of aliphatic hydroxyl groups is 1. The molecular formula is C22H22ClN5O4. The van der Waals surface area contributed by atoms with Crippen molar-refractivity contribution in [1.82, 2.24) is 24.1 Å². The lowest BCUT2D eigenvalue weighted by molar-refractivity contribution is -0.0447. The molecule has 3 aromatic heterocycles. The van der Waals surface area contributed by atoms with Gasteiger partial charge in [-0.25, -0.2) is 4.98 Å². The zero-order valence-corrected chi connectivity index (χ0v) is 18.3. The van der Waals surface area contributed by atoms with E-state index in [0.29, 0.717) is 47.6 Å². The van der Waals surface area contributed by atoms with Crippen LogP contribution >= 0.6 is 11.6 Å². The molecule has 166 valence electrons. The van der Waals surface area contributed by atoms with Crippen molar-refractivity contribution in [3.63, 3.8) is 0 Å². The largest absolute Gasteiger partial charge is 0.380 e. The van der Waals surface area contributed by atoms with Crippen LogP contribution in [0.3, 0.4) is 0 Å². The van der Waals surface area contributed by atoms with E-state index in [1.165, 1.54) is 0 Å². The summed E-state index contributed by atoms with van der Waals surface area (Å²) in [5.41, 5.74) is -0.327. The lowest BCUT2D eigenvalue weighted by Gasteiger charge is -2.28. The zero-order chi connectivity index (χ0) is 22.1. The van der Waals surface area contributed by atoms with Gasteiger partial charge in [-0.3, -0.25) is 13.8 Å². The van der Waals surface area contributed by atoms with Crippen molar-refractivity contribution in [2.45, 2.75) is 56.8 Å². The number of ether oxygens (including phenoxy) is 1.